The summed E-state index contributed by atoms with van der Waals surface area (Å²) in [5.74, 6) is 0.214. The van der Waals surface area contributed by atoms with Crippen molar-refractivity contribution in [2.45, 2.75) is 70.7 Å². The number of methoxy groups -OCH3 is 1. The molecule has 3 heterocycles. The number of piperazine rings is 1. The molecule has 13 heteroatoms. The molecule has 0 aliphatic carbocycles. The van der Waals surface area contributed by atoms with Crippen LogP contribution < -0.4 is 14.4 Å². The molecule has 0 unspecified atom stereocenters. The predicted octanol–water partition coefficient (Wildman–Crippen LogP) is 6.60. The molecule has 3 aromatic rings. The number of halogens is 4. The van der Waals surface area contributed by atoms with Gasteiger partial charge >= 0.3 is 18.3 Å². The van der Waals surface area contributed by atoms with E-state index in [0.717, 1.165) is 11.6 Å². The summed E-state index contributed by atoms with van der Waals surface area (Å²) in [4.78, 5) is 25.6. The van der Waals surface area contributed by atoms with Gasteiger partial charge in [-0.25, -0.2) is 4.79 Å². The summed E-state index contributed by atoms with van der Waals surface area (Å²) < 4.78 is 65.5. The summed E-state index contributed by atoms with van der Waals surface area (Å²) in [7, 11) is 1.55. The highest BCUT2D eigenvalue weighted by molar-refractivity contribution is 9.10. The number of aromatic nitrogens is 2. The quantitative estimate of drug-likeness (QED) is 0.266. The average Bonchev–Trinajstić information content (AvgIpc) is 3.55. The number of anilines is 1. The zero-order valence-corrected chi connectivity index (χ0v) is 26.2. The van der Waals surface area contributed by atoms with Crippen LogP contribution >= 0.6 is 15.9 Å². The first kappa shape index (κ1) is 31.1. The topological polar surface area (TPSA) is 86.3 Å². The van der Waals surface area contributed by atoms with E-state index in [2.05, 4.69) is 25.9 Å². The first-order valence-electron chi connectivity index (χ1n) is 13.9. The van der Waals surface area contributed by atoms with Crippen LogP contribution in [0.25, 0.3) is 10.9 Å². The Hall–Kier alpha value is -3.32. The molecule has 2 fully saturated rings. The van der Waals surface area contributed by atoms with Crippen molar-refractivity contribution in [3.05, 3.63) is 52.0 Å². The fourth-order valence-electron chi connectivity index (χ4n) is 5.26. The van der Waals surface area contributed by atoms with Gasteiger partial charge in [0.15, 0.2) is 5.75 Å². The fourth-order valence-corrected chi connectivity index (χ4v) is 5.90. The van der Waals surface area contributed by atoms with E-state index in [-0.39, 0.29) is 64.4 Å². The molecule has 232 valence electrons. The molecular formula is C30H34BrF3N4O5. The van der Waals surface area contributed by atoms with Gasteiger partial charge in [-0.2, -0.15) is 23.1 Å². The monoisotopic (exact) mass is 666 g/mol. The molecule has 1 amide bonds. The summed E-state index contributed by atoms with van der Waals surface area (Å²) in [5, 5.41) is 0.169. The lowest BCUT2D eigenvalue weighted by Gasteiger charge is -2.36. The maximum atomic E-state index is 14.3. The number of hydrogen-bond acceptors (Lipinski definition) is 8. The minimum atomic E-state index is -4.68. The number of carbonyl (C=O) groups excluding carboxylic acids is 1. The van der Waals surface area contributed by atoms with Crippen LogP contribution in [-0.4, -0.2) is 71.6 Å². The minimum absolute atomic E-state index is 0.0191. The second kappa shape index (κ2) is 12.0. The molecule has 3 atom stereocenters. The smallest absolute Gasteiger partial charge is 0.417 e. The Kier molecular flexibility index (Phi) is 8.68. The van der Waals surface area contributed by atoms with Gasteiger partial charge in [-0.15, -0.1) is 0 Å². The number of benzene rings is 2. The molecule has 5 rings (SSSR count). The summed E-state index contributed by atoms with van der Waals surface area (Å²) in [6.07, 6.45) is -4.75. The highest BCUT2D eigenvalue weighted by atomic mass is 79.9. The Morgan fingerprint density at radius 2 is 1.81 bits per heavy atom. The van der Waals surface area contributed by atoms with E-state index in [1.807, 2.05) is 42.2 Å². The van der Waals surface area contributed by atoms with Crippen LogP contribution in [0.2, 0.25) is 0 Å². The Morgan fingerprint density at radius 1 is 1.09 bits per heavy atom. The number of fused-ring (bicyclic) bond motifs is 3. The van der Waals surface area contributed by atoms with Gasteiger partial charge in [0.05, 0.1) is 28.2 Å². The van der Waals surface area contributed by atoms with Crippen LogP contribution in [0.3, 0.4) is 0 Å². The molecule has 0 spiro atoms. The maximum Gasteiger partial charge on any atom is 0.417 e. The number of likely N-dealkylation sites (tertiary alicyclic amines) is 1. The molecule has 0 radical (unpaired) electrons. The molecule has 2 aliphatic rings. The first-order valence-corrected chi connectivity index (χ1v) is 14.7. The summed E-state index contributed by atoms with van der Waals surface area (Å²) in [6, 6.07) is 9.79. The summed E-state index contributed by atoms with van der Waals surface area (Å²) >= 11 is 3.16. The highest BCUT2D eigenvalue weighted by Crippen LogP contribution is 2.47. The van der Waals surface area contributed by atoms with Crippen molar-refractivity contribution in [2.75, 3.05) is 31.7 Å². The second-order valence-corrected chi connectivity index (χ2v) is 12.5. The van der Waals surface area contributed by atoms with Crippen LogP contribution in [0.5, 0.6) is 11.8 Å². The lowest BCUT2D eigenvalue weighted by Crippen LogP contribution is -2.50. The van der Waals surface area contributed by atoms with Gasteiger partial charge in [0.25, 0.3) is 0 Å². The third-order valence-corrected chi connectivity index (χ3v) is 8.15. The molecule has 0 N–H and O–H groups in total. The van der Waals surface area contributed by atoms with E-state index in [1.165, 1.54) is 0 Å². The molecule has 2 aromatic carbocycles. The van der Waals surface area contributed by atoms with E-state index in [1.54, 1.807) is 32.8 Å². The van der Waals surface area contributed by atoms with Crippen molar-refractivity contribution in [1.82, 2.24) is 14.9 Å². The molecule has 43 heavy (non-hydrogen) atoms. The van der Waals surface area contributed by atoms with Crippen molar-refractivity contribution in [3.63, 3.8) is 0 Å². The minimum Gasteiger partial charge on any atom is -0.485 e. The van der Waals surface area contributed by atoms with Gasteiger partial charge in [-0.3, -0.25) is 0 Å². The zero-order chi connectivity index (χ0) is 31.1. The van der Waals surface area contributed by atoms with Gasteiger partial charge in [-0.1, -0.05) is 30.3 Å². The Morgan fingerprint density at radius 3 is 2.42 bits per heavy atom. The van der Waals surface area contributed by atoms with Crippen LogP contribution in [0.15, 0.2) is 40.9 Å². The van der Waals surface area contributed by atoms with E-state index in [4.69, 9.17) is 18.9 Å². The lowest BCUT2D eigenvalue weighted by molar-refractivity contribution is -0.138. The van der Waals surface area contributed by atoms with Gasteiger partial charge in [-0.05, 0) is 61.7 Å². The highest BCUT2D eigenvalue weighted by Gasteiger charge is 2.48. The van der Waals surface area contributed by atoms with Crippen molar-refractivity contribution >= 4 is 38.7 Å². The van der Waals surface area contributed by atoms with Crippen molar-refractivity contribution in [2.24, 2.45) is 0 Å². The number of ether oxygens (including phenoxy) is 4. The molecule has 2 bridgehead atoms. The van der Waals surface area contributed by atoms with Gasteiger partial charge in [0, 0.05) is 25.6 Å². The second-order valence-electron chi connectivity index (χ2n) is 11.8. The number of hydrogen-bond donors (Lipinski definition) is 0. The summed E-state index contributed by atoms with van der Waals surface area (Å²) in [5.41, 5.74) is -0.606. The van der Waals surface area contributed by atoms with Crippen molar-refractivity contribution < 1.29 is 36.9 Å². The van der Waals surface area contributed by atoms with E-state index in [0.29, 0.717) is 19.5 Å². The Labute approximate surface area is 256 Å². The van der Waals surface area contributed by atoms with Crippen molar-refractivity contribution in [1.29, 1.82) is 0 Å². The Balaban J connectivity index is 1.59. The third-order valence-electron chi connectivity index (χ3n) is 7.37. The maximum absolute atomic E-state index is 14.3. The standard InChI is InChI=1S/C30H34BrF3N4O5/c1-17(40-5)15-42-27-35-24-21(12-22(30(32,33)34)23(31)25(24)41-16-18-9-7-6-8-10-18)26(36-27)37-13-20-11-19(37)14-38(20)28(39)43-29(2,3)4/h6-10,12,17,19-20H,11,13-16H2,1-5H3/t17-,19-,20-/m0/s1. The van der Waals surface area contributed by atoms with E-state index in [9.17, 15) is 18.0 Å². The van der Waals surface area contributed by atoms with Crippen molar-refractivity contribution in [3.8, 4) is 11.8 Å². The number of carbonyl (C=O) groups is 1. The summed E-state index contributed by atoms with van der Waals surface area (Å²) in [6.45, 7) is 8.08. The third kappa shape index (κ3) is 6.77. The molecular weight excluding hydrogens is 633 g/mol. The lowest BCUT2D eigenvalue weighted by atomic mass is 10.1. The van der Waals surface area contributed by atoms with Crippen LogP contribution in [0.4, 0.5) is 23.8 Å². The number of alkyl halides is 3. The molecule has 0 saturated carbocycles. The van der Waals surface area contributed by atoms with Crippen LogP contribution in [0, 0.1) is 0 Å². The van der Waals surface area contributed by atoms with Gasteiger partial charge in [0.2, 0.25) is 0 Å². The fraction of sp³-hybridized carbons (Fsp3) is 0.500. The van der Waals surface area contributed by atoms with E-state index < -0.39 is 23.4 Å². The molecule has 9 nitrogen and oxygen atoms in total. The number of rotatable bonds is 8. The zero-order valence-electron chi connectivity index (χ0n) is 24.6. The first-order chi connectivity index (χ1) is 20.2. The van der Waals surface area contributed by atoms with Crippen LogP contribution in [-0.2, 0) is 22.3 Å². The average molecular weight is 668 g/mol. The van der Waals surface area contributed by atoms with Gasteiger partial charge in [0.1, 0.15) is 30.1 Å². The normalized spacial score (nSPS) is 19.2. The van der Waals surface area contributed by atoms with E-state index >= 15 is 0 Å². The number of nitrogens with zero attached hydrogens (tertiary/aromatic N) is 4. The molecule has 2 saturated heterocycles. The molecule has 2 aliphatic heterocycles. The molecule has 1 aromatic heterocycles. The van der Waals surface area contributed by atoms with Gasteiger partial charge < -0.3 is 28.7 Å². The van der Waals surface area contributed by atoms with Crippen LogP contribution in [0.1, 0.15) is 45.2 Å². The SMILES string of the molecule is CO[C@@H](C)COc1nc(N2C[C@@H]3C[C@H]2CN3C(=O)OC(C)(C)C)c2cc(C(F)(F)F)c(Br)c(OCc3ccccc3)c2n1. The largest absolute Gasteiger partial charge is 0.485 e. The number of amides is 1. The predicted molar refractivity (Wildman–Crippen MR) is 157 cm³/mol. The Bertz CT molecular complexity index is 1480.